The van der Waals surface area contributed by atoms with E-state index in [9.17, 15) is 4.79 Å². The molecule has 3 aromatic rings. The van der Waals surface area contributed by atoms with Gasteiger partial charge in [-0.2, -0.15) is 0 Å². The Balaban J connectivity index is 1.35. The third-order valence-corrected chi connectivity index (χ3v) is 6.52. The molecule has 0 radical (unpaired) electrons. The molecule has 152 valence electrons. The lowest BCUT2D eigenvalue weighted by Gasteiger charge is -2.29. The number of carbonyl (C=O) groups is 1. The zero-order valence-electron chi connectivity index (χ0n) is 16.6. The topological polar surface area (TPSA) is 83.3 Å². The normalized spacial score (nSPS) is 15.5. The Hall–Kier alpha value is -2.64. The molecule has 4 N–H and O–H groups in total. The molecule has 1 aromatic carbocycles. The zero-order valence-corrected chi connectivity index (χ0v) is 17.5. The van der Waals surface area contributed by atoms with Crippen LogP contribution in [0.25, 0.3) is 10.8 Å². The van der Waals surface area contributed by atoms with Crippen molar-refractivity contribution in [2.45, 2.75) is 19.4 Å². The summed E-state index contributed by atoms with van der Waals surface area (Å²) in [5.41, 5.74) is 7.88. The van der Waals surface area contributed by atoms with E-state index < -0.39 is 0 Å². The molecule has 1 aliphatic rings. The molecule has 4 rings (SSSR count). The van der Waals surface area contributed by atoms with Crippen LogP contribution in [0, 0.1) is 5.92 Å². The predicted octanol–water partition coefficient (Wildman–Crippen LogP) is 3.56. The summed E-state index contributed by atoms with van der Waals surface area (Å²) < 4.78 is 0. The first-order valence-corrected chi connectivity index (χ1v) is 10.9. The first kappa shape index (κ1) is 19.7. The summed E-state index contributed by atoms with van der Waals surface area (Å²) in [6, 6.07) is 9.91. The first-order chi connectivity index (χ1) is 14.1. The number of nitrogen functional groups attached to an aromatic ring is 1. The lowest BCUT2D eigenvalue weighted by Crippen LogP contribution is -2.33. The van der Waals surface area contributed by atoms with Gasteiger partial charge in [-0.05, 0) is 73.4 Å². The fourth-order valence-corrected chi connectivity index (χ4v) is 4.55. The number of amides is 1. The number of thiophene rings is 1. The Labute approximate surface area is 175 Å². The highest BCUT2D eigenvalue weighted by Crippen LogP contribution is 2.25. The van der Waals surface area contributed by atoms with Gasteiger partial charge in [0.15, 0.2) is 0 Å². The van der Waals surface area contributed by atoms with Crippen LogP contribution in [-0.4, -0.2) is 42.5 Å². The Morgan fingerprint density at radius 3 is 2.93 bits per heavy atom. The second kappa shape index (κ2) is 8.80. The minimum Gasteiger partial charge on any atom is -0.383 e. The molecule has 2 aromatic heterocycles. The maximum Gasteiger partial charge on any atom is 0.263 e. The number of rotatable bonds is 6. The minimum atomic E-state index is -0.0415. The molecule has 7 heteroatoms. The number of nitrogens with two attached hydrogens (primary N) is 1. The van der Waals surface area contributed by atoms with E-state index in [1.165, 1.54) is 24.2 Å². The van der Waals surface area contributed by atoms with E-state index in [2.05, 4.69) is 27.6 Å². The van der Waals surface area contributed by atoms with Crippen molar-refractivity contribution in [1.82, 2.24) is 15.2 Å². The number of likely N-dealkylation sites (tertiary alicyclic amines) is 1. The van der Waals surface area contributed by atoms with E-state index in [1.807, 2.05) is 35.7 Å². The van der Waals surface area contributed by atoms with Crippen LogP contribution in [0.15, 0.2) is 41.9 Å². The number of nitrogens with zero attached hydrogens (tertiary/aromatic N) is 2. The van der Waals surface area contributed by atoms with Gasteiger partial charge in [-0.1, -0.05) is 12.1 Å². The maximum absolute atomic E-state index is 12.7. The molecule has 1 aliphatic heterocycles. The van der Waals surface area contributed by atoms with E-state index in [4.69, 9.17) is 5.73 Å². The van der Waals surface area contributed by atoms with Crippen molar-refractivity contribution in [3.8, 4) is 0 Å². The molecule has 0 saturated carbocycles. The quantitative estimate of drug-likeness (QED) is 0.580. The van der Waals surface area contributed by atoms with Crippen molar-refractivity contribution in [3.63, 3.8) is 0 Å². The summed E-state index contributed by atoms with van der Waals surface area (Å²) in [7, 11) is 2.17. The zero-order chi connectivity index (χ0) is 20.2. The maximum atomic E-state index is 12.7. The van der Waals surface area contributed by atoms with E-state index in [-0.39, 0.29) is 5.91 Å². The van der Waals surface area contributed by atoms with E-state index in [1.54, 1.807) is 6.20 Å². The number of carbonyl (C=O) groups excluding carboxylic acids is 1. The number of benzene rings is 1. The van der Waals surface area contributed by atoms with Crippen LogP contribution in [0.1, 0.15) is 28.1 Å². The Morgan fingerprint density at radius 1 is 1.28 bits per heavy atom. The summed E-state index contributed by atoms with van der Waals surface area (Å²) in [5, 5.41) is 10.5. The average molecular weight is 410 g/mol. The van der Waals surface area contributed by atoms with Gasteiger partial charge in [-0.25, -0.2) is 4.98 Å². The average Bonchev–Trinajstić information content (AvgIpc) is 3.20. The number of anilines is 2. The molecular formula is C22H27N5OS. The van der Waals surface area contributed by atoms with Crippen molar-refractivity contribution in [2.75, 3.05) is 37.7 Å². The number of piperidine rings is 1. The second-order valence-electron chi connectivity index (χ2n) is 7.73. The molecule has 0 aliphatic carbocycles. The summed E-state index contributed by atoms with van der Waals surface area (Å²) in [6.45, 7) is 3.70. The first-order valence-electron chi connectivity index (χ1n) is 10.0. The van der Waals surface area contributed by atoms with Gasteiger partial charge in [0.2, 0.25) is 0 Å². The molecule has 0 spiro atoms. The second-order valence-corrected chi connectivity index (χ2v) is 8.64. The number of fused-ring (bicyclic) bond motifs is 1. The number of nitrogens with one attached hydrogen (secondary N) is 2. The van der Waals surface area contributed by atoms with Crippen LogP contribution in [0.3, 0.4) is 0 Å². The van der Waals surface area contributed by atoms with Crippen LogP contribution in [-0.2, 0) is 6.54 Å². The lowest BCUT2D eigenvalue weighted by molar-refractivity contribution is 0.0955. The van der Waals surface area contributed by atoms with Crippen LogP contribution in [0.2, 0.25) is 0 Å². The molecule has 1 amide bonds. The SMILES string of the molecule is CN1CCC(CNc2ccsc2C(=O)NCc2ccc3c(N)nccc3c2)CC1. The van der Waals surface area contributed by atoms with Crippen LogP contribution in [0.4, 0.5) is 11.5 Å². The minimum absolute atomic E-state index is 0.0415. The van der Waals surface area contributed by atoms with Gasteiger partial charge in [0.05, 0.1) is 5.69 Å². The number of hydrogen-bond acceptors (Lipinski definition) is 6. The molecule has 3 heterocycles. The Bertz CT molecular complexity index is 994. The molecule has 1 saturated heterocycles. The molecule has 0 atom stereocenters. The van der Waals surface area contributed by atoms with E-state index in [0.29, 0.717) is 18.3 Å². The van der Waals surface area contributed by atoms with Crippen molar-refractivity contribution in [1.29, 1.82) is 0 Å². The summed E-state index contributed by atoms with van der Waals surface area (Å²) in [6.07, 6.45) is 4.11. The van der Waals surface area contributed by atoms with Gasteiger partial charge >= 0.3 is 0 Å². The van der Waals surface area contributed by atoms with Crippen LogP contribution < -0.4 is 16.4 Å². The molecule has 1 fully saturated rings. The highest BCUT2D eigenvalue weighted by molar-refractivity contribution is 7.12. The highest BCUT2D eigenvalue weighted by atomic mass is 32.1. The van der Waals surface area contributed by atoms with Crippen molar-refractivity contribution >= 4 is 39.5 Å². The monoisotopic (exact) mass is 409 g/mol. The third-order valence-electron chi connectivity index (χ3n) is 5.60. The fourth-order valence-electron chi connectivity index (χ4n) is 3.77. The molecule has 6 nitrogen and oxygen atoms in total. The number of pyridine rings is 1. The van der Waals surface area contributed by atoms with Gasteiger partial charge in [0.25, 0.3) is 5.91 Å². The van der Waals surface area contributed by atoms with Crippen LogP contribution >= 0.6 is 11.3 Å². The fraction of sp³-hybridized carbons (Fsp3) is 0.364. The molecular weight excluding hydrogens is 382 g/mol. The lowest BCUT2D eigenvalue weighted by atomic mass is 9.97. The van der Waals surface area contributed by atoms with Crippen molar-refractivity contribution < 1.29 is 4.79 Å². The van der Waals surface area contributed by atoms with Crippen LogP contribution in [0.5, 0.6) is 0 Å². The van der Waals surface area contributed by atoms with Crippen molar-refractivity contribution in [2.24, 2.45) is 5.92 Å². The highest BCUT2D eigenvalue weighted by Gasteiger charge is 2.18. The van der Waals surface area contributed by atoms with Gasteiger partial charge < -0.3 is 21.3 Å². The predicted molar refractivity (Wildman–Crippen MR) is 120 cm³/mol. The molecule has 0 unspecified atom stereocenters. The van der Waals surface area contributed by atoms with E-state index in [0.717, 1.165) is 46.5 Å². The third kappa shape index (κ3) is 4.68. The van der Waals surface area contributed by atoms with Crippen molar-refractivity contribution in [3.05, 3.63) is 52.3 Å². The summed E-state index contributed by atoms with van der Waals surface area (Å²) in [4.78, 5) is 20.0. The number of hydrogen-bond donors (Lipinski definition) is 3. The summed E-state index contributed by atoms with van der Waals surface area (Å²) in [5.74, 6) is 1.15. The van der Waals surface area contributed by atoms with Gasteiger partial charge in [0, 0.05) is 24.7 Å². The largest absolute Gasteiger partial charge is 0.383 e. The summed E-state index contributed by atoms with van der Waals surface area (Å²) >= 11 is 1.48. The molecule has 0 bridgehead atoms. The smallest absolute Gasteiger partial charge is 0.263 e. The van der Waals surface area contributed by atoms with E-state index >= 15 is 0 Å². The molecule has 29 heavy (non-hydrogen) atoms. The number of aromatic nitrogens is 1. The Kier molecular flexibility index (Phi) is 5.97. The standard InChI is InChI=1S/C22H27N5OS/c1-27-9-5-15(6-10-27)13-25-19-7-11-29-20(19)22(28)26-14-16-2-3-18-17(12-16)4-8-24-21(18)23/h2-4,7-8,11-12,15,25H,5-6,9-10,13-14H2,1H3,(H2,23,24)(H,26,28). The Morgan fingerprint density at radius 2 is 2.10 bits per heavy atom. The van der Waals surface area contributed by atoms with Gasteiger partial charge in [-0.3, -0.25) is 4.79 Å². The van der Waals surface area contributed by atoms with Gasteiger partial charge in [-0.15, -0.1) is 11.3 Å². The van der Waals surface area contributed by atoms with Gasteiger partial charge in [0.1, 0.15) is 10.7 Å².